The molecule has 1 aliphatic rings. The van der Waals surface area contributed by atoms with E-state index >= 15 is 0 Å². The largest absolute Gasteiger partial charge is 0.357 e. The predicted molar refractivity (Wildman–Crippen MR) is 79.8 cm³/mol. The van der Waals surface area contributed by atoms with Crippen LogP contribution in [0, 0.1) is 0 Å². The van der Waals surface area contributed by atoms with Gasteiger partial charge in [-0.1, -0.05) is 11.6 Å². The summed E-state index contributed by atoms with van der Waals surface area (Å²) in [6.07, 6.45) is 3.54. The van der Waals surface area contributed by atoms with Crippen LogP contribution >= 0.6 is 22.9 Å². The molecule has 1 fully saturated rings. The van der Waals surface area contributed by atoms with E-state index in [1.165, 1.54) is 17.7 Å². The van der Waals surface area contributed by atoms with E-state index in [-0.39, 0.29) is 0 Å². The Bertz CT molecular complexity index is 397. The lowest BCUT2D eigenvalue weighted by Crippen LogP contribution is -2.39. The molecule has 2 rings (SSSR count). The van der Waals surface area contributed by atoms with Gasteiger partial charge in [-0.05, 0) is 31.9 Å². The minimum atomic E-state index is 0.829. The minimum Gasteiger partial charge on any atom is -0.357 e. The van der Waals surface area contributed by atoms with Crippen molar-refractivity contribution in [3.05, 3.63) is 21.3 Å². The number of nitrogens with zero attached hydrogens (tertiary/aromatic N) is 2. The van der Waals surface area contributed by atoms with E-state index in [9.17, 15) is 0 Å². The van der Waals surface area contributed by atoms with Crippen molar-refractivity contribution in [2.45, 2.75) is 26.2 Å². The summed E-state index contributed by atoms with van der Waals surface area (Å²) in [5.41, 5.74) is 0. The van der Waals surface area contributed by atoms with Crippen molar-refractivity contribution in [1.29, 1.82) is 0 Å². The number of guanidine groups is 1. The number of rotatable bonds is 4. The first-order valence-electron chi connectivity index (χ1n) is 6.57. The molecule has 0 unspecified atom stereocenters. The summed E-state index contributed by atoms with van der Waals surface area (Å²) in [5.74, 6) is 1.07. The third-order valence-electron chi connectivity index (χ3n) is 2.99. The molecule has 100 valence electrons. The second-order valence-electron chi connectivity index (χ2n) is 4.39. The SMILES string of the molecule is CCNC(=NCCc1ccc(Cl)s1)N1CCCC1. The van der Waals surface area contributed by atoms with Gasteiger partial charge in [0, 0.05) is 37.5 Å². The quantitative estimate of drug-likeness (QED) is 0.680. The fraction of sp³-hybridized carbons (Fsp3) is 0.615. The van der Waals surface area contributed by atoms with Crippen LogP contribution in [0.5, 0.6) is 0 Å². The maximum absolute atomic E-state index is 5.92. The van der Waals surface area contributed by atoms with Crippen molar-refractivity contribution in [3.8, 4) is 0 Å². The minimum absolute atomic E-state index is 0.829. The van der Waals surface area contributed by atoms with Crippen LogP contribution in [-0.2, 0) is 6.42 Å². The van der Waals surface area contributed by atoms with Crippen molar-refractivity contribution in [3.63, 3.8) is 0 Å². The molecule has 0 spiro atoms. The molecule has 1 aromatic rings. The second kappa shape index (κ2) is 7.00. The van der Waals surface area contributed by atoms with Gasteiger partial charge in [-0.3, -0.25) is 4.99 Å². The van der Waals surface area contributed by atoms with E-state index in [1.54, 1.807) is 11.3 Å². The zero-order chi connectivity index (χ0) is 12.8. The summed E-state index contributed by atoms with van der Waals surface area (Å²) in [5, 5.41) is 3.37. The molecule has 1 aliphatic heterocycles. The maximum atomic E-state index is 5.92. The van der Waals surface area contributed by atoms with Crippen molar-refractivity contribution in [2.24, 2.45) is 4.99 Å². The van der Waals surface area contributed by atoms with Gasteiger partial charge >= 0.3 is 0 Å². The van der Waals surface area contributed by atoms with Crippen molar-refractivity contribution < 1.29 is 0 Å². The van der Waals surface area contributed by atoms with E-state index in [2.05, 4.69) is 23.2 Å². The van der Waals surface area contributed by atoms with E-state index in [1.807, 2.05) is 6.07 Å². The van der Waals surface area contributed by atoms with E-state index < -0.39 is 0 Å². The van der Waals surface area contributed by atoms with Crippen molar-refractivity contribution >= 4 is 28.9 Å². The van der Waals surface area contributed by atoms with Gasteiger partial charge in [-0.25, -0.2) is 0 Å². The zero-order valence-electron chi connectivity index (χ0n) is 10.8. The van der Waals surface area contributed by atoms with E-state index in [4.69, 9.17) is 16.6 Å². The average molecular weight is 286 g/mol. The summed E-state index contributed by atoms with van der Waals surface area (Å²) in [7, 11) is 0. The monoisotopic (exact) mass is 285 g/mol. The lowest BCUT2D eigenvalue weighted by molar-refractivity contribution is 0.494. The number of nitrogens with one attached hydrogen (secondary N) is 1. The zero-order valence-corrected chi connectivity index (χ0v) is 12.4. The highest BCUT2D eigenvalue weighted by atomic mass is 35.5. The summed E-state index contributed by atoms with van der Waals surface area (Å²) >= 11 is 7.56. The Morgan fingerprint density at radius 2 is 2.22 bits per heavy atom. The van der Waals surface area contributed by atoms with Crippen LogP contribution in [0.3, 0.4) is 0 Å². The first-order valence-corrected chi connectivity index (χ1v) is 7.76. The predicted octanol–water partition coefficient (Wildman–Crippen LogP) is 3.01. The van der Waals surface area contributed by atoms with Gasteiger partial charge < -0.3 is 10.2 Å². The molecule has 0 aliphatic carbocycles. The van der Waals surface area contributed by atoms with Gasteiger partial charge in [0.2, 0.25) is 0 Å². The number of likely N-dealkylation sites (tertiary alicyclic amines) is 1. The van der Waals surface area contributed by atoms with E-state index in [0.717, 1.165) is 42.9 Å². The Hall–Kier alpha value is -0.740. The van der Waals surface area contributed by atoms with Crippen molar-refractivity contribution in [2.75, 3.05) is 26.2 Å². The molecule has 0 saturated carbocycles. The number of halogens is 1. The highest BCUT2D eigenvalue weighted by Gasteiger charge is 2.15. The van der Waals surface area contributed by atoms with Crippen molar-refractivity contribution in [1.82, 2.24) is 10.2 Å². The first-order chi connectivity index (χ1) is 8.79. The fourth-order valence-corrected chi connectivity index (χ4v) is 3.19. The van der Waals surface area contributed by atoms with Gasteiger partial charge in [0.1, 0.15) is 0 Å². The molecule has 2 heterocycles. The average Bonchev–Trinajstić information content (AvgIpc) is 2.99. The lowest BCUT2D eigenvalue weighted by atomic mass is 10.3. The summed E-state index contributed by atoms with van der Waals surface area (Å²) in [4.78, 5) is 8.35. The molecule has 5 heteroatoms. The maximum Gasteiger partial charge on any atom is 0.193 e. The number of thiophene rings is 1. The molecule has 0 atom stereocenters. The molecular weight excluding hydrogens is 266 g/mol. The smallest absolute Gasteiger partial charge is 0.193 e. The van der Waals surface area contributed by atoms with Gasteiger partial charge in [-0.15, -0.1) is 11.3 Å². The highest BCUT2D eigenvalue weighted by Crippen LogP contribution is 2.21. The summed E-state index contributed by atoms with van der Waals surface area (Å²) < 4.78 is 0.862. The molecule has 0 radical (unpaired) electrons. The molecule has 0 aromatic carbocycles. The lowest BCUT2D eigenvalue weighted by Gasteiger charge is -2.20. The highest BCUT2D eigenvalue weighted by molar-refractivity contribution is 7.16. The summed E-state index contributed by atoms with van der Waals surface area (Å²) in [6.45, 7) is 6.15. The molecule has 0 bridgehead atoms. The molecule has 1 N–H and O–H groups in total. The Labute approximate surface area is 118 Å². The summed E-state index contributed by atoms with van der Waals surface area (Å²) in [6, 6.07) is 4.04. The topological polar surface area (TPSA) is 27.6 Å². The number of aliphatic imine (C=N–C) groups is 1. The third-order valence-corrected chi connectivity index (χ3v) is 4.28. The van der Waals surface area contributed by atoms with Crippen LogP contribution in [-0.4, -0.2) is 37.0 Å². The van der Waals surface area contributed by atoms with Crippen LogP contribution in [0.2, 0.25) is 4.34 Å². The normalized spacial score (nSPS) is 16.3. The second-order valence-corrected chi connectivity index (χ2v) is 6.19. The number of hydrogen-bond donors (Lipinski definition) is 1. The third kappa shape index (κ3) is 3.89. The van der Waals surface area contributed by atoms with Crippen LogP contribution in [0.1, 0.15) is 24.6 Å². The Balaban J connectivity index is 1.87. The van der Waals surface area contributed by atoms with Gasteiger partial charge in [-0.2, -0.15) is 0 Å². The van der Waals surface area contributed by atoms with Crippen LogP contribution in [0.25, 0.3) is 0 Å². The molecule has 3 nitrogen and oxygen atoms in total. The Morgan fingerprint density at radius 3 is 2.83 bits per heavy atom. The van der Waals surface area contributed by atoms with Crippen LogP contribution in [0.15, 0.2) is 17.1 Å². The molecule has 18 heavy (non-hydrogen) atoms. The molecular formula is C13H20ClN3S. The standard InChI is InChI=1S/C13H20ClN3S/c1-2-15-13(17-9-3-4-10-17)16-8-7-11-5-6-12(14)18-11/h5-6H,2-4,7-10H2,1H3,(H,15,16). The number of hydrogen-bond acceptors (Lipinski definition) is 2. The first kappa shape index (κ1) is 13.7. The molecule has 0 amide bonds. The fourth-order valence-electron chi connectivity index (χ4n) is 2.11. The molecule has 1 saturated heterocycles. The molecule has 1 aromatic heterocycles. The van der Waals surface area contributed by atoms with Crippen LogP contribution in [0.4, 0.5) is 0 Å². The Morgan fingerprint density at radius 1 is 1.44 bits per heavy atom. The van der Waals surface area contributed by atoms with E-state index in [0.29, 0.717) is 0 Å². The van der Waals surface area contributed by atoms with Crippen LogP contribution < -0.4 is 5.32 Å². The Kier molecular flexibility index (Phi) is 5.32. The van der Waals surface area contributed by atoms with Gasteiger partial charge in [0.15, 0.2) is 5.96 Å². The van der Waals surface area contributed by atoms with Gasteiger partial charge in [0.05, 0.1) is 4.34 Å². The van der Waals surface area contributed by atoms with Gasteiger partial charge in [0.25, 0.3) is 0 Å².